The molecular formula is C18H16F6N2O4. The maximum atomic E-state index is 12.5. The molecule has 30 heavy (non-hydrogen) atoms. The van der Waals surface area contributed by atoms with Crippen molar-refractivity contribution in [2.75, 3.05) is 19.8 Å². The topological polar surface area (TPSA) is 80.7 Å². The molecule has 0 bridgehead atoms. The second kappa shape index (κ2) is 9.65. The Morgan fingerprint density at radius 3 is 2.23 bits per heavy atom. The molecule has 2 rings (SSSR count). The molecule has 0 fully saturated rings. The van der Waals surface area contributed by atoms with E-state index in [2.05, 4.69) is 15.0 Å². The van der Waals surface area contributed by atoms with Gasteiger partial charge in [-0.05, 0) is 30.3 Å². The third kappa shape index (κ3) is 7.78. The first kappa shape index (κ1) is 23.3. The van der Waals surface area contributed by atoms with E-state index in [4.69, 9.17) is 4.74 Å². The highest BCUT2D eigenvalue weighted by Crippen LogP contribution is 2.30. The Hall–Kier alpha value is -3.02. The normalized spacial score (nSPS) is 12.9. The molecule has 0 aliphatic rings. The first-order valence-corrected chi connectivity index (χ1v) is 8.36. The van der Waals surface area contributed by atoms with Crippen molar-refractivity contribution in [2.45, 2.75) is 18.5 Å². The van der Waals surface area contributed by atoms with Crippen LogP contribution in [0.2, 0.25) is 0 Å². The molecule has 2 N–H and O–H groups in total. The van der Waals surface area contributed by atoms with E-state index in [-0.39, 0.29) is 30.3 Å². The molecule has 0 aliphatic heterocycles. The summed E-state index contributed by atoms with van der Waals surface area (Å²) < 4.78 is 83.2. The average Bonchev–Trinajstić information content (AvgIpc) is 2.68. The van der Waals surface area contributed by atoms with E-state index in [1.54, 1.807) is 0 Å². The van der Waals surface area contributed by atoms with Crippen molar-refractivity contribution < 1.29 is 45.7 Å². The zero-order chi connectivity index (χ0) is 22.4. The van der Waals surface area contributed by atoms with Gasteiger partial charge in [0.2, 0.25) is 5.88 Å². The van der Waals surface area contributed by atoms with Gasteiger partial charge in [-0.2, -0.15) is 26.3 Å². The second-order valence-electron chi connectivity index (χ2n) is 5.99. The van der Waals surface area contributed by atoms with Crippen LogP contribution in [0, 0.1) is 0 Å². The van der Waals surface area contributed by atoms with Gasteiger partial charge in [-0.15, -0.1) is 0 Å². The summed E-state index contributed by atoms with van der Waals surface area (Å²) in [6.07, 6.45) is -9.15. The standard InChI is InChI=1S/C18H16F6N2O4/c19-17(20,21)10-30-15-6-1-11(7-25-15)16(28)26-8-13(27)9-29-14-4-2-12(3-5-14)18(22,23)24/h1-7,13,27H,8-10H2,(H,26,28). The number of carbonyl (C=O) groups excluding carboxylic acids is 1. The van der Waals surface area contributed by atoms with Crippen molar-refractivity contribution in [2.24, 2.45) is 0 Å². The molecule has 0 spiro atoms. The van der Waals surface area contributed by atoms with Crippen LogP contribution >= 0.6 is 0 Å². The van der Waals surface area contributed by atoms with Crippen molar-refractivity contribution in [3.05, 3.63) is 53.7 Å². The molecule has 1 aromatic carbocycles. The number of aliphatic hydroxyl groups is 1. The van der Waals surface area contributed by atoms with Gasteiger partial charge in [-0.25, -0.2) is 4.98 Å². The van der Waals surface area contributed by atoms with E-state index in [0.717, 1.165) is 36.5 Å². The van der Waals surface area contributed by atoms with Crippen LogP contribution < -0.4 is 14.8 Å². The lowest BCUT2D eigenvalue weighted by Crippen LogP contribution is -2.35. The lowest BCUT2D eigenvalue weighted by Gasteiger charge is -2.14. The minimum atomic E-state index is -4.52. The number of aromatic nitrogens is 1. The van der Waals surface area contributed by atoms with Crippen LogP contribution in [-0.4, -0.2) is 48.0 Å². The Kier molecular flexibility index (Phi) is 7.48. The SMILES string of the molecule is O=C(NCC(O)COc1ccc(C(F)(F)F)cc1)c1ccc(OCC(F)(F)F)nc1. The van der Waals surface area contributed by atoms with Crippen LogP contribution in [0.25, 0.3) is 0 Å². The largest absolute Gasteiger partial charge is 0.491 e. The Balaban J connectivity index is 1.76. The molecule has 0 radical (unpaired) electrons. The van der Waals surface area contributed by atoms with E-state index >= 15 is 0 Å². The molecular weight excluding hydrogens is 422 g/mol. The molecule has 0 saturated heterocycles. The number of pyridine rings is 1. The Morgan fingerprint density at radius 1 is 1.03 bits per heavy atom. The number of carbonyl (C=O) groups is 1. The summed E-state index contributed by atoms with van der Waals surface area (Å²) in [6.45, 7) is -2.06. The number of ether oxygens (including phenoxy) is 2. The Bertz CT molecular complexity index is 823. The van der Waals surface area contributed by atoms with Gasteiger partial charge < -0.3 is 19.9 Å². The van der Waals surface area contributed by atoms with Gasteiger partial charge in [-0.3, -0.25) is 4.79 Å². The predicted molar refractivity (Wildman–Crippen MR) is 91.1 cm³/mol. The number of nitrogens with zero attached hydrogens (tertiary/aromatic N) is 1. The zero-order valence-electron chi connectivity index (χ0n) is 15.1. The van der Waals surface area contributed by atoms with Crippen molar-refractivity contribution in [3.63, 3.8) is 0 Å². The van der Waals surface area contributed by atoms with Crippen LogP contribution in [0.15, 0.2) is 42.6 Å². The fraction of sp³-hybridized carbons (Fsp3) is 0.333. The summed E-state index contributed by atoms with van der Waals surface area (Å²) in [4.78, 5) is 15.5. The highest BCUT2D eigenvalue weighted by molar-refractivity contribution is 5.93. The molecule has 2 aromatic rings. The fourth-order valence-electron chi connectivity index (χ4n) is 2.06. The third-order valence-electron chi connectivity index (χ3n) is 3.50. The maximum Gasteiger partial charge on any atom is 0.422 e. The molecule has 1 atom stereocenters. The number of benzene rings is 1. The number of rotatable bonds is 8. The van der Waals surface area contributed by atoms with Gasteiger partial charge in [0.1, 0.15) is 18.5 Å². The molecule has 0 saturated carbocycles. The number of nitrogens with one attached hydrogen (secondary N) is 1. The molecule has 6 nitrogen and oxygen atoms in total. The summed E-state index contributed by atoms with van der Waals surface area (Å²) in [5.41, 5.74) is -0.823. The van der Waals surface area contributed by atoms with Crippen molar-refractivity contribution >= 4 is 5.91 Å². The number of alkyl halides is 6. The average molecular weight is 438 g/mol. The summed E-state index contributed by atoms with van der Waals surface area (Å²) >= 11 is 0. The molecule has 0 aliphatic carbocycles. The smallest absolute Gasteiger partial charge is 0.422 e. The molecule has 1 heterocycles. The maximum absolute atomic E-state index is 12.5. The monoisotopic (exact) mass is 438 g/mol. The van der Waals surface area contributed by atoms with E-state index in [9.17, 15) is 36.2 Å². The van der Waals surface area contributed by atoms with E-state index in [0.29, 0.717) is 0 Å². The van der Waals surface area contributed by atoms with Gasteiger partial charge in [0.25, 0.3) is 5.91 Å². The Morgan fingerprint density at radius 2 is 1.70 bits per heavy atom. The van der Waals surface area contributed by atoms with Crippen LogP contribution in [0.3, 0.4) is 0 Å². The van der Waals surface area contributed by atoms with Crippen LogP contribution in [-0.2, 0) is 6.18 Å². The minimum Gasteiger partial charge on any atom is -0.491 e. The van der Waals surface area contributed by atoms with Gasteiger partial charge in [0.15, 0.2) is 6.61 Å². The van der Waals surface area contributed by atoms with Gasteiger partial charge in [-0.1, -0.05) is 0 Å². The quantitative estimate of drug-likeness (QED) is 0.619. The van der Waals surface area contributed by atoms with Crippen molar-refractivity contribution in [1.82, 2.24) is 10.3 Å². The summed E-state index contributed by atoms with van der Waals surface area (Å²) in [7, 11) is 0. The molecule has 1 aromatic heterocycles. The summed E-state index contributed by atoms with van der Waals surface area (Å²) in [6, 6.07) is 6.14. The number of hydrogen-bond acceptors (Lipinski definition) is 5. The summed E-state index contributed by atoms with van der Waals surface area (Å²) in [5, 5.41) is 12.2. The van der Waals surface area contributed by atoms with E-state index in [1.165, 1.54) is 6.07 Å². The molecule has 164 valence electrons. The highest BCUT2D eigenvalue weighted by atomic mass is 19.4. The zero-order valence-corrected chi connectivity index (χ0v) is 15.1. The summed E-state index contributed by atoms with van der Waals surface area (Å²) in [5.74, 6) is -0.862. The second-order valence-corrected chi connectivity index (χ2v) is 5.99. The molecule has 1 amide bonds. The number of hydrogen-bond donors (Lipinski definition) is 2. The first-order valence-electron chi connectivity index (χ1n) is 8.36. The number of halogens is 6. The highest BCUT2D eigenvalue weighted by Gasteiger charge is 2.30. The van der Waals surface area contributed by atoms with E-state index in [1.807, 2.05) is 0 Å². The van der Waals surface area contributed by atoms with Crippen LogP contribution in [0.5, 0.6) is 11.6 Å². The third-order valence-corrected chi connectivity index (χ3v) is 3.50. The van der Waals surface area contributed by atoms with E-state index < -0.39 is 36.5 Å². The number of amides is 1. The lowest BCUT2D eigenvalue weighted by molar-refractivity contribution is -0.154. The van der Waals surface area contributed by atoms with Crippen LogP contribution in [0.4, 0.5) is 26.3 Å². The fourth-order valence-corrected chi connectivity index (χ4v) is 2.06. The van der Waals surface area contributed by atoms with Gasteiger partial charge >= 0.3 is 12.4 Å². The number of aliphatic hydroxyl groups excluding tert-OH is 1. The van der Waals surface area contributed by atoms with Crippen molar-refractivity contribution in [3.8, 4) is 11.6 Å². The molecule has 12 heteroatoms. The van der Waals surface area contributed by atoms with Gasteiger partial charge in [0.05, 0.1) is 11.1 Å². The van der Waals surface area contributed by atoms with Crippen LogP contribution in [0.1, 0.15) is 15.9 Å². The predicted octanol–water partition coefficient (Wildman–Crippen LogP) is 3.21. The first-order chi connectivity index (χ1) is 13.9. The Labute approximate surface area is 166 Å². The van der Waals surface area contributed by atoms with Gasteiger partial charge in [0, 0.05) is 18.8 Å². The molecule has 1 unspecified atom stereocenters. The van der Waals surface area contributed by atoms with Crippen molar-refractivity contribution in [1.29, 1.82) is 0 Å². The minimum absolute atomic E-state index is 0.0187. The lowest BCUT2D eigenvalue weighted by atomic mass is 10.2.